The molecule has 0 aromatic rings. The molecule has 0 aromatic carbocycles. The van der Waals surface area contributed by atoms with Crippen LogP contribution in [0.5, 0.6) is 0 Å². The predicted molar refractivity (Wildman–Crippen MR) is 119 cm³/mol. The van der Waals surface area contributed by atoms with E-state index in [-0.39, 0.29) is 0 Å². The Balaban J connectivity index is 1.21. The molecule has 1 heterocycles. The molecule has 7 atom stereocenters. The summed E-state index contributed by atoms with van der Waals surface area (Å²) < 4.78 is 0. The van der Waals surface area contributed by atoms with Gasteiger partial charge in [-0.05, 0) is 117 Å². The van der Waals surface area contributed by atoms with Crippen molar-refractivity contribution in [2.75, 3.05) is 13.1 Å². The largest absolute Gasteiger partial charge is 0.343 e. The molecule has 4 aliphatic carbocycles. The van der Waals surface area contributed by atoms with E-state index < -0.39 is 0 Å². The molecule has 0 N–H and O–H groups in total. The summed E-state index contributed by atoms with van der Waals surface area (Å²) in [7, 11) is 0. The number of hydrogen-bond acceptors (Lipinski definition) is 1. The minimum Gasteiger partial charge on any atom is -0.343 e. The van der Waals surface area contributed by atoms with E-state index in [2.05, 4.69) is 18.7 Å². The van der Waals surface area contributed by atoms with E-state index in [1.165, 1.54) is 83.5 Å². The summed E-state index contributed by atoms with van der Waals surface area (Å²) >= 11 is 0. The van der Waals surface area contributed by atoms with Gasteiger partial charge in [-0.15, -0.1) is 0 Å². The Labute approximate surface area is 179 Å². The molecule has 1 amide bonds. The molecule has 5 fully saturated rings. The van der Waals surface area contributed by atoms with Gasteiger partial charge in [0.2, 0.25) is 5.91 Å². The second-order valence-electron chi connectivity index (χ2n) is 12.2. The average molecular weight is 400 g/mol. The quantitative estimate of drug-likeness (QED) is 0.507. The molecule has 0 radical (unpaired) electrons. The van der Waals surface area contributed by atoms with Gasteiger partial charge in [-0.2, -0.15) is 0 Å². The monoisotopic (exact) mass is 399 g/mol. The van der Waals surface area contributed by atoms with Crippen molar-refractivity contribution in [2.24, 2.45) is 40.4 Å². The normalized spacial score (nSPS) is 46.8. The van der Waals surface area contributed by atoms with Crippen LogP contribution in [0.1, 0.15) is 110 Å². The number of amides is 1. The van der Waals surface area contributed by atoms with Crippen molar-refractivity contribution < 1.29 is 4.79 Å². The smallest absolute Gasteiger partial charge is 0.222 e. The number of fused-ring (bicyclic) bond motifs is 5. The summed E-state index contributed by atoms with van der Waals surface area (Å²) in [6, 6.07) is 0. The maximum atomic E-state index is 12.5. The minimum atomic E-state index is 0.439. The van der Waals surface area contributed by atoms with Crippen molar-refractivity contribution in [1.82, 2.24) is 4.90 Å². The molecule has 1 saturated heterocycles. The van der Waals surface area contributed by atoms with Crippen LogP contribution in [0.15, 0.2) is 0 Å². The molecule has 0 aromatic heterocycles. The van der Waals surface area contributed by atoms with Gasteiger partial charge in [0.05, 0.1) is 0 Å². The maximum absolute atomic E-state index is 12.5. The Morgan fingerprint density at radius 1 is 0.828 bits per heavy atom. The molecule has 4 saturated carbocycles. The van der Waals surface area contributed by atoms with Crippen LogP contribution in [-0.4, -0.2) is 23.9 Å². The van der Waals surface area contributed by atoms with Gasteiger partial charge in [-0.25, -0.2) is 0 Å². The third-order valence-corrected chi connectivity index (χ3v) is 11.2. The number of rotatable bonds is 4. The van der Waals surface area contributed by atoms with Gasteiger partial charge >= 0.3 is 0 Å². The van der Waals surface area contributed by atoms with E-state index in [1.807, 2.05) is 0 Å². The third-order valence-electron chi connectivity index (χ3n) is 11.2. The lowest BCUT2D eigenvalue weighted by atomic mass is 9.45. The van der Waals surface area contributed by atoms with Crippen LogP contribution in [0, 0.1) is 40.4 Å². The molecule has 0 bridgehead atoms. The first-order valence-corrected chi connectivity index (χ1v) is 13.3. The lowest BCUT2D eigenvalue weighted by molar-refractivity contribution is -0.130. The van der Waals surface area contributed by atoms with Crippen LogP contribution >= 0.6 is 0 Å². The van der Waals surface area contributed by atoms with Crippen molar-refractivity contribution in [3.05, 3.63) is 0 Å². The molecule has 2 heteroatoms. The van der Waals surface area contributed by atoms with E-state index in [0.29, 0.717) is 16.7 Å². The van der Waals surface area contributed by atoms with Crippen LogP contribution in [-0.2, 0) is 4.79 Å². The van der Waals surface area contributed by atoms with E-state index in [9.17, 15) is 4.79 Å². The lowest BCUT2D eigenvalue weighted by Gasteiger charge is -2.60. The molecule has 5 rings (SSSR count). The number of carbonyl (C=O) groups excluding carboxylic acids is 1. The highest BCUT2D eigenvalue weighted by molar-refractivity contribution is 5.76. The Morgan fingerprint density at radius 2 is 1.62 bits per heavy atom. The zero-order valence-corrected chi connectivity index (χ0v) is 19.3. The average Bonchev–Trinajstić information content (AvgIpc) is 3.36. The minimum absolute atomic E-state index is 0.439. The Morgan fingerprint density at radius 3 is 2.45 bits per heavy atom. The van der Waals surface area contributed by atoms with Crippen LogP contribution in [0.3, 0.4) is 0 Å². The summed E-state index contributed by atoms with van der Waals surface area (Å²) in [6.07, 6.45) is 20.7. The first-order chi connectivity index (χ1) is 14.0. The first-order valence-electron chi connectivity index (χ1n) is 13.3. The summed E-state index contributed by atoms with van der Waals surface area (Å²) in [6.45, 7) is 7.41. The third kappa shape index (κ3) is 3.39. The van der Waals surface area contributed by atoms with Gasteiger partial charge in [0, 0.05) is 19.5 Å². The molecule has 2 nitrogen and oxygen atoms in total. The summed E-state index contributed by atoms with van der Waals surface area (Å²) in [5.41, 5.74) is 1.25. The topological polar surface area (TPSA) is 20.3 Å². The first kappa shape index (κ1) is 20.4. The van der Waals surface area contributed by atoms with Gasteiger partial charge in [0.1, 0.15) is 0 Å². The summed E-state index contributed by atoms with van der Waals surface area (Å²) in [5, 5.41) is 0. The van der Waals surface area contributed by atoms with Gasteiger partial charge in [0.15, 0.2) is 0 Å². The molecular formula is C27H45NO. The van der Waals surface area contributed by atoms with Crippen molar-refractivity contribution >= 4 is 5.91 Å². The van der Waals surface area contributed by atoms with E-state index in [4.69, 9.17) is 0 Å². The van der Waals surface area contributed by atoms with Crippen LogP contribution in [0.4, 0.5) is 0 Å². The summed E-state index contributed by atoms with van der Waals surface area (Å²) in [5.74, 6) is 5.39. The fourth-order valence-electron chi connectivity index (χ4n) is 9.50. The molecule has 5 aliphatic rings. The van der Waals surface area contributed by atoms with E-state index >= 15 is 0 Å². The number of nitrogens with zero attached hydrogens (tertiary/aromatic N) is 1. The Bertz CT molecular complexity index is 610. The predicted octanol–water partition coefficient (Wildman–Crippen LogP) is 6.83. The van der Waals surface area contributed by atoms with Gasteiger partial charge in [0.25, 0.3) is 0 Å². The SMILES string of the molecule is CC12CCCCC1CCC1C2CCC2(C)C(CCCC(=O)N3CCCC3)CCC12. The number of carbonyl (C=O) groups is 1. The molecule has 0 spiro atoms. The van der Waals surface area contributed by atoms with Crippen molar-refractivity contribution in [1.29, 1.82) is 0 Å². The van der Waals surface area contributed by atoms with Crippen molar-refractivity contribution in [3.63, 3.8) is 0 Å². The molecule has 7 unspecified atom stereocenters. The van der Waals surface area contributed by atoms with E-state index in [1.54, 1.807) is 0 Å². The van der Waals surface area contributed by atoms with Gasteiger partial charge < -0.3 is 4.90 Å². The van der Waals surface area contributed by atoms with Crippen LogP contribution in [0.25, 0.3) is 0 Å². The zero-order valence-electron chi connectivity index (χ0n) is 19.3. The van der Waals surface area contributed by atoms with Crippen molar-refractivity contribution in [3.8, 4) is 0 Å². The zero-order chi connectivity index (χ0) is 20.1. The van der Waals surface area contributed by atoms with Gasteiger partial charge in [-0.1, -0.05) is 26.7 Å². The van der Waals surface area contributed by atoms with Gasteiger partial charge in [-0.3, -0.25) is 4.79 Å². The number of hydrogen-bond donors (Lipinski definition) is 0. The fraction of sp³-hybridized carbons (Fsp3) is 0.963. The Hall–Kier alpha value is -0.530. The second kappa shape index (κ2) is 7.86. The lowest BCUT2D eigenvalue weighted by Crippen LogP contribution is -2.52. The standard InChI is InChI=1S/C27H45NO/c1-26-16-4-3-8-20(26)11-13-22-23-14-12-21(27(23,2)17-15-24(22)26)9-7-10-25(29)28-18-5-6-19-28/h20-24H,3-19H2,1-2H3. The molecular weight excluding hydrogens is 354 g/mol. The highest BCUT2D eigenvalue weighted by atomic mass is 16.2. The van der Waals surface area contributed by atoms with Crippen LogP contribution in [0.2, 0.25) is 0 Å². The molecule has 164 valence electrons. The summed E-state index contributed by atoms with van der Waals surface area (Å²) in [4.78, 5) is 14.6. The highest BCUT2D eigenvalue weighted by Crippen LogP contribution is 2.67. The number of likely N-dealkylation sites (tertiary alicyclic amines) is 1. The Kier molecular flexibility index (Phi) is 5.53. The molecule has 29 heavy (non-hydrogen) atoms. The fourth-order valence-corrected chi connectivity index (χ4v) is 9.50. The molecule has 1 aliphatic heterocycles. The second-order valence-corrected chi connectivity index (χ2v) is 12.2. The highest BCUT2D eigenvalue weighted by Gasteiger charge is 2.59. The van der Waals surface area contributed by atoms with E-state index in [0.717, 1.165) is 55.5 Å². The van der Waals surface area contributed by atoms with Crippen LogP contribution < -0.4 is 0 Å². The maximum Gasteiger partial charge on any atom is 0.222 e. The van der Waals surface area contributed by atoms with Crippen molar-refractivity contribution in [2.45, 2.75) is 110 Å².